The molecule has 6 aliphatic rings. The Balaban J connectivity index is 0.731. The van der Waals surface area contributed by atoms with Gasteiger partial charge in [0.1, 0.15) is 22.3 Å². The molecule has 12 aromatic carbocycles. The van der Waals surface area contributed by atoms with Crippen molar-refractivity contribution in [2.45, 2.75) is 193 Å². The first-order valence-corrected chi connectivity index (χ1v) is 39.7. The van der Waals surface area contributed by atoms with E-state index in [1.54, 1.807) is 11.1 Å². The van der Waals surface area contributed by atoms with Crippen molar-refractivity contribution in [3.63, 3.8) is 0 Å². The predicted octanol–water partition coefficient (Wildman–Crippen LogP) is 29.1. The highest BCUT2D eigenvalue weighted by Crippen LogP contribution is 2.66. The second kappa shape index (κ2) is 22.8. The van der Waals surface area contributed by atoms with Crippen molar-refractivity contribution in [1.82, 2.24) is 0 Å². The molecule has 0 unspecified atom stereocenters. The highest BCUT2D eigenvalue weighted by atomic mass is 16.3. The number of benzene rings is 12. The van der Waals surface area contributed by atoms with Crippen molar-refractivity contribution in [2.24, 2.45) is 0 Å². The van der Waals surface area contributed by atoms with Crippen LogP contribution in [0.3, 0.4) is 0 Å². The molecule has 0 saturated carbocycles. The van der Waals surface area contributed by atoms with Crippen LogP contribution in [0.2, 0.25) is 0 Å². The molecule has 0 bridgehead atoms. The molecule has 105 heavy (non-hydrogen) atoms. The van der Waals surface area contributed by atoms with E-state index in [1.807, 2.05) is 0 Å². The van der Waals surface area contributed by atoms with Gasteiger partial charge in [-0.2, -0.15) is 0 Å². The molecule has 14 aromatic rings. The number of hydrogen-bond donors (Lipinski definition) is 0. The van der Waals surface area contributed by atoms with E-state index in [1.165, 1.54) is 232 Å². The van der Waals surface area contributed by atoms with Gasteiger partial charge < -0.3 is 13.7 Å². The lowest BCUT2D eigenvalue weighted by Crippen LogP contribution is -2.25. The third-order valence-electron chi connectivity index (χ3n) is 27.3. The summed E-state index contributed by atoms with van der Waals surface area (Å²) in [7, 11) is 0. The fraction of sp³-hybridized carbons (Fsp3) is 0.294. The lowest BCUT2D eigenvalue weighted by Gasteiger charge is -2.33. The van der Waals surface area contributed by atoms with E-state index in [0.717, 1.165) is 39.4 Å². The maximum atomic E-state index is 7.16. The monoisotopic (exact) mass is 1370 g/mol. The average Bonchev–Trinajstić information content (AvgIpc) is 1.51. The van der Waals surface area contributed by atoms with Crippen LogP contribution in [0.1, 0.15) is 227 Å². The lowest BCUT2D eigenvalue weighted by molar-refractivity contribution is 0.399. The molecule has 20 rings (SSSR count). The van der Waals surface area contributed by atoms with Gasteiger partial charge in [0, 0.05) is 76.7 Å². The molecule has 0 atom stereocenters. The normalized spacial score (nSPS) is 16.5. The highest BCUT2D eigenvalue weighted by Gasteiger charge is 2.50. The van der Waals surface area contributed by atoms with Crippen LogP contribution >= 0.6 is 0 Å². The van der Waals surface area contributed by atoms with Crippen molar-refractivity contribution < 1.29 is 8.83 Å². The number of furan rings is 2. The Bertz CT molecular complexity index is 6050. The van der Waals surface area contributed by atoms with Crippen LogP contribution in [0.25, 0.3) is 122 Å². The summed E-state index contributed by atoms with van der Waals surface area (Å²) in [4.78, 5) is 2.61. The van der Waals surface area contributed by atoms with Gasteiger partial charge in [-0.05, 0) is 231 Å². The Hall–Kier alpha value is -9.96. The molecule has 2 aromatic heterocycles. The molecule has 520 valence electrons. The first kappa shape index (κ1) is 64.6. The van der Waals surface area contributed by atoms with E-state index in [2.05, 4.69) is 300 Å². The number of rotatable bonds is 16. The van der Waals surface area contributed by atoms with Gasteiger partial charge in [0.05, 0.1) is 0 Å². The van der Waals surface area contributed by atoms with Gasteiger partial charge in [-0.15, -0.1) is 0 Å². The lowest BCUT2D eigenvalue weighted by atomic mass is 9.70. The minimum atomic E-state index is -0.378. The molecule has 3 heteroatoms. The van der Waals surface area contributed by atoms with E-state index < -0.39 is 0 Å². The molecule has 0 N–H and O–H groups in total. The van der Waals surface area contributed by atoms with Crippen molar-refractivity contribution >= 4 is 60.9 Å². The number of nitrogens with zero attached hydrogens (tertiary/aromatic N) is 1. The fourth-order valence-electron chi connectivity index (χ4n) is 21.9. The summed E-state index contributed by atoms with van der Waals surface area (Å²) >= 11 is 0. The summed E-state index contributed by atoms with van der Waals surface area (Å²) in [5, 5.41) is 4.80. The van der Waals surface area contributed by atoms with Gasteiger partial charge in [-0.1, -0.05) is 281 Å². The molecule has 0 aliphatic heterocycles. The van der Waals surface area contributed by atoms with Crippen molar-refractivity contribution in [3.05, 3.63) is 279 Å². The van der Waals surface area contributed by atoms with Crippen molar-refractivity contribution in [2.75, 3.05) is 4.90 Å². The molecular formula is C102H95NO2. The van der Waals surface area contributed by atoms with E-state index in [0.29, 0.717) is 0 Å². The van der Waals surface area contributed by atoms with Crippen LogP contribution in [0.5, 0.6) is 0 Å². The van der Waals surface area contributed by atoms with Crippen LogP contribution in [-0.2, 0) is 32.5 Å². The average molecular weight is 1370 g/mol. The number of unbranched alkanes of at least 4 members (excludes halogenated alkanes) is 8. The Labute approximate surface area is 620 Å². The van der Waals surface area contributed by atoms with Gasteiger partial charge >= 0.3 is 0 Å². The standard InChI is InChI=1S/C102H95NO2/c1-13-15-17-19-29-51-102(52-30-20-18-16-14-2)77-36-26-21-31-65(77)68-45-40-61(54-85(68)102)60-39-44-66-67-46-41-62(55-80(67)98(5,6)79(66)53-60)103(63-42-47-69-74-58-84-75(59-83(74)99(7,8)81(69)56-63)89-78(97(84,3)4)49-50-88-90(89)72-33-23-27-37-86(72)104-88)64-43-48-71-82(57-64)101(11,12)94-91(71)92-73-34-24-28-38-87(73)105-96(92)93-70-32-22-25-35-76(70)100(9,10)95(93)94/h21-28,31-50,53-59H,13-20,29-30,51-52H2,1-12H3. The van der Waals surface area contributed by atoms with E-state index in [4.69, 9.17) is 8.83 Å². The molecule has 0 amide bonds. The number of fused-ring (bicyclic) bond motifs is 28. The number of para-hydroxylation sites is 2. The molecule has 3 nitrogen and oxygen atoms in total. The van der Waals surface area contributed by atoms with Crippen LogP contribution in [-0.4, -0.2) is 0 Å². The van der Waals surface area contributed by atoms with Gasteiger partial charge in [-0.3, -0.25) is 0 Å². The molecule has 0 spiro atoms. The third kappa shape index (κ3) is 8.85. The van der Waals surface area contributed by atoms with E-state index in [-0.39, 0.29) is 32.5 Å². The zero-order valence-corrected chi connectivity index (χ0v) is 63.5. The van der Waals surface area contributed by atoms with Gasteiger partial charge in [0.25, 0.3) is 0 Å². The predicted molar refractivity (Wildman–Crippen MR) is 442 cm³/mol. The van der Waals surface area contributed by atoms with Crippen molar-refractivity contribution in [3.8, 4) is 77.9 Å². The molecular weight excluding hydrogens is 1270 g/mol. The topological polar surface area (TPSA) is 29.5 Å². The summed E-state index contributed by atoms with van der Waals surface area (Å²) in [6, 6.07) is 83.0. The summed E-state index contributed by atoms with van der Waals surface area (Å²) < 4.78 is 13.8. The SMILES string of the molecule is CCCCCCCC1(CCCCCCC)c2ccccc2-c2ccc(-c3ccc4c(c3)C(C)(C)c3cc(N(c5ccc6c(c5)C(C)(C)c5cc7c(cc5-6)C(C)(C)c5ccc6oc8ccccc8c6c5-7)c5ccc6c(c5)C(C)(C)c5c7c(c8oc9ccccc9c8c5-6)-c5ccccc5C7(C)C)ccc3-4)cc21. The second-order valence-electron chi connectivity index (χ2n) is 34.9. The minimum Gasteiger partial charge on any atom is -0.456 e. The van der Waals surface area contributed by atoms with Crippen LogP contribution in [0.4, 0.5) is 17.1 Å². The molecule has 6 aliphatic carbocycles. The van der Waals surface area contributed by atoms with Crippen molar-refractivity contribution in [1.29, 1.82) is 0 Å². The Morgan fingerprint density at radius 1 is 0.276 bits per heavy atom. The Kier molecular flexibility index (Phi) is 14.0. The van der Waals surface area contributed by atoms with Gasteiger partial charge in [-0.25, -0.2) is 0 Å². The smallest absolute Gasteiger partial charge is 0.144 e. The summed E-state index contributed by atoms with van der Waals surface area (Å²) in [6.45, 7) is 29.3. The molecule has 0 saturated heterocycles. The maximum absolute atomic E-state index is 7.16. The number of anilines is 3. The molecule has 0 fully saturated rings. The van der Waals surface area contributed by atoms with Crippen LogP contribution in [0.15, 0.2) is 221 Å². The van der Waals surface area contributed by atoms with Crippen LogP contribution in [0, 0.1) is 0 Å². The first-order chi connectivity index (χ1) is 50.8. The maximum Gasteiger partial charge on any atom is 0.144 e. The minimum absolute atomic E-state index is 0.0190. The fourth-order valence-corrected chi connectivity index (χ4v) is 21.9. The zero-order valence-electron chi connectivity index (χ0n) is 63.5. The quantitative estimate of drug-likeness (QED) is 0.0903. The van der Waals surface area contributed by atoms with Crippen LogP contribution < -0.4 is 4.90 Å². The first-order valence-electron chi connectivity index (χ1n) is 39.7. The molecule has 2 heterocycles. The summed E-state index contributed by atoms with van der Waals surface area (Å²) in [5.41, 5.74) is 41.3. The van der Waals surface area contributed by atoms with E-state index >= 15 is 0 Å². The zero-order chi connectivity index (χ0) is 71.6. The largest absolute Gasteiger partial charge is 0.456 e. The highest BCUT2D eigenvalue weighted by molar-refractivity contribution is 6.21. The summed E-state index contributed by atoms with van der Waals surface area (Å²) in [5.74, 6) is 0. The third-order valence-corrected chi connectivity index (χ3v) is 27.3. The second-order valence-corrected chi connectivity index (χ2v) is 34.9. The Morgan fingerprint density at radius 2 is 0.705 bits per heavy atom. The van der Waals surface area contributed by atoms with Gasteiger partial charge in [0.15, 0.2) is 0 Å². The van der Waals surface area contributed by atoms with Gasteiger partial charge in [0.2, 0.25) is 0 Å². The Morgan fingerprint density at radius 3 is 1.34 bits per heavy atom. The summed E-state index contributed by atoms with van der Waals surface area (Å²) in [6.07, 6.45) is 15.4. The van der Waals surface area contributed by atoms with E-state index in [9.17, 15) is 0 Å². The molecule has 0 radical (unpaired) electrons. The number of hydrogen-bond acceptors (Lipinski definition) is 3.